The van der Waals surface area contributed by atoms with E-state index in [9.17, 15) is 8.78 Å². The summed E-state index contributed by atoms with van der Waals surface area (Å²) in [5, 5.41) is 8.95. The summed E-state index contributed by atoms with van der Waals surface area (Å²) in [5.41, 5.74) is 1.46. The summed E-state index contributed by atoms with van der Waals surface area (Å²) in [6.07, 6.45) is 0.439. The molecular formula is C13H10F2O. The van der Waals surface area contributed by atoms with Gasteiger partial charge in [-0.1, -0.05) is 30.3 Å². The summed E-state index contributed by atoms with van der Waals surface area (Å²) in [5.74, 6) is -2.77. The van der Waals surface area contributed by atoms with Crippen LogP contribution >= 0.6 is 0 Å². The lowest BCUT2D eigenvalue weighted by atomic mass is 10.0. The van der Waals surface area contributed by atoms with Gasteiger partial charge in [0, 0.05) is 0 Å². The quantitative estimate of drug-likeness (QED) is 0.823. The van der Waals surface area contributed by atoms with Crippen LogP contribution in [0.1, 0.15) is 11.1 Å². The molecule has 0 amide bonds. The second kappa shape index (κ2) is 4.31. The van der Waals surface area contributed by atoms with Gasteiger partial charge in [-0.05, 0) is 29.7 Å². The number of phenols is 1. The third kappa shape index (κ3) is 2.19. The van der Waals surface area contributed by atoms with E-state index < -0.39 is 17.4 Å². The van der Waals surface area contributed by atoms with Crippen LogP contribution in [0.25, 0.3) is 0 Å². The van der Waals surface area contributed by atoms with Gasteiger partial charge in [-0.25, -0.2) is 8.78 Å². The standard InChI is InChI=1S/C13H10F2O/c14-11-7-10(8-12(15)13(11)16)6-9-4-2-1-3-5-9/h1-5,7-8,16H,6H2. The van der Waals surface area contributed by atoms with Crippen molar-refractivity contribution in [3.05, 3.63) is 65.2 Å². The van der Waals surface area contributed by atoms with Crippen LogP contribution in [0.15, 0.2) is 42.5 Å². The lowest BCUT2D eigenvalue weighted by Crippen LogP contribution is -1.92. The molecule has 2 rings (SSSR count). The van der Waals surface area contributed by atoms with Gasteiger partial charge >= 0.3 is 0 Å². The average molecular weight is 220 g/mol. The molecule has 0 fully saturated rings. The van der Waals surface area contributed by atoms with E-state index in [-0.39, 0.29) is 0 Å². The molecule has 0 unspecified atom stereocenters. The fraction of sp³-hybridized carbons (Fsp3) is 0.0769. The Balaban J connectivity index is 2.29. The molecule has 0 spiro atoms. The van der Waals surface area contributed by atoms with Crippen LogP contribution in [0.2, 0.25) is 0 Å². The molecule has 1 nitrogen and oxygen atoms in total. The number of benzene rings is 2. The van der Waals surface area contributed by atoms with Crippen molar-refractivity contribution >= 4 is 0 Å². The second-order valence-electron chi connectivity index (χ2n) is 3.57. The zero-order valence-corrected chi connectivity index (χ0v) is 8.45. The minimum Gasteiger partial charge on any atom is -0.503 e. The number of hydrogen-bond donors (Lipinski definition) is 1. The normalized spacial score (nSPS) is 10.4. The van der Waals surface area contributed by atoms with Gasteiger partial charge in [0.1, 0.15) is 0 Å². The summed E-state index contributed by atoms with van der Waals surface area (Å²) in [6.45, 7) is 0. The van der Waals surface area contributed by atoms with Crippen LogP contribution in [-0.4, -0.2) is 5.11 Å². The molecule has 0 bridgehead atoms. The smallest absolute Gasteiger partial charge is 0.187 e. The summed E-state index contributed by atoms with van der Waals surface area (Å²) in [6, 6.07) is 11.6. The summed E-state index contributed by atoms with van der Waals surface area (Å²) >= 11 is 0. The fourth-order valence-electron chi connectivity index (χ4n) is 1.55. The van der Waals surface area contributed by atoms with E-state index in [4.69, 9.17) is 5.11 Å². The number of halogens is 2. The van der Waals surface area contributed by atoms with Gasteiger partial charge in [-0.15, -0.1) is 0 Å². The molecule has 2 aromatic carbocycles. The molecule has 1 N–H and O–H groups in total. The van der Waals surface area contributed by atoms with E-state index in [0.29, 0.717) is 12.0 Å². The van der Waals surface area contributed by atoms with Gasteiger partial charge < -0.3 is 5.11 Å². The molecule has 0 saturated carbocycles. The molecule has 0 aliphatic carbocycles. The van der Waals surface area contributed by atoms with Crippen molar-refractivity contribution < 1.29 is 13.9 Å². The maximum absolute atomic E-state index is 13.1. The molecular weight excluding hydrogens is 210 g/mol. The van der Waals surface area contributed by atoms with Crippen molar-refractivity contribution in [2.75, 3.05) is 0 Å². The first-order valence-corrected chi connectivity index (χ1v) is 4.87. The highest BCUT2D eigenvalue weighted by Crippen LogP contribution is 2.22. The number of aromatic hydroxyl groups is 1. The average Bonchev–Trinajstić information content (AvgIpc) is 2.27. The Bertz CT molecular complexity index is 472. The van der Waals surface area contributed by atoms with E-state index in [0.717, 1.165) is 17.7 Å². The summed E-state index contributed by atoms with van der Waals surface area (Å²) in [7, 11) is 0. The van der Waals surface area contributed by atoms with E-state index in [1.54, 1.807) is 0 Å². The second-order valence-corrected chi connectivity index (χ2v) is 3.57. The van der Waals surface area contributed by atoms with E-state index in [1.807, 2.05) is 30.3 Å². The predicted octanol–water partition coefficient (Wildman–Crippen LogP) is 3.26. The van der Waals surface area contributed by atoms with Crippen molar-refractivity contribution in [3.8, 4) is 5.75 Å². The van der Waals surface area contributed by atoms with Crippen molar-refractivity contribution in [1.82, 2.24) is 0 Å². The Hall–Kier alpha value is -1.90. The van der Waals surface area contributed by atoms with Crippen LogP contribution in [0.3, 0.4) is 0 Å². The SMILES string of the molecule is Oc1c(F)cc(Cc2ccccc2)cc1F. The third-order valence-electron chi connectivity index (χ3n) is 2.33. The lowest BCUT2D eigenvalue weighted by Gasteiger charge is -2.04. The van der Waals surface area contributed by atoms with E-state index in [1.165, 1.54) is 0 Å². The topological polar surface area (TPSA) is 20.2 Å². The molecule has 0 aliphatic heterocycles. The van der Waals surface area contributed by atoms with Gasteiger partial charge in [0.2, 0.25) is 0 Å². The van der Waals surface area contributed by atoms with Crippen LogP contribution in [-0.2, 0) is 6.42 Å². The highest BCUT2D eigenvalue weighted by atomic mass is 19.1. The zero-order valence-electron chi connectivity index (χ0n) is 8.45. The minimum atomic E-state index is -0.925. The zero-order chi connectivity index (χ0) is 11.5. The summed E-state index contributed by atoms with van der Waals surface area (Å²) in [4.78, 5) is 0. The Labute approximate surface area is 92.0 Å². The Kier molecular flexibility index (Phi) is 2.86. The van der Waals surface area contributed by atoms with Crippen molar-refractivity contribution in [1.29, 1.82) is 0 Å². The molecule has 2 aromatic rings. The van der Waals surface area contributed by atoms with E-state index in [2.05, 4.69) is 0 Å². The largest absolute Gasteiger partial charge is 0.503 e. The maximum Gasteiger partial charge on any atom is 0.187 e. The van der Waals surface area contributed by atoms with Crippen molar-refractivity contribution in [2.45, 2.75) is 6.42 Å². The predicted molar refractivity (Wildman–Crippen MR) is 57.3 cm³/mol. The molecule has 0 radical (unpaired) electrons. The van der Waals surface area contributed by atoms with Crippen LogP contribution in [0.4, 0.5) is 8.78 Å². The highest BCUT2D eigenvalue weighted by Gasteiger charge is 2.09. The Morgan fingerprint density at radius 3 is 2.00 bits per heavy atom. The Morgan fingerprint density at radius 2 is 1.44 bits per heavy atom. The van der Waals surface area contributed by atoms with Gasteiger partial charge in [-0.3, -0.25) is 0 Å². The maximum atomic E-state index is 13.1. The molecule has 0 aromatic heterocycles. The third-order valence-corrected chi connectivity index (χ3v) is 2.33. The monoisotopic (exact) mass is 220 g/mol. The van der Waals surface area contributed by atoms with Gasteiger partial charge in [0.25, 0.3) is 0 Å². The molecule has 82 valence electrons. The number of hydrogen-bond acceptors (Lipinski definition) is 1. The van der Waals surface area contributed by atoms with E-state index >= 15 is 0 Å². The molecule has 3 heteroatoms. The first kappa shape index (κ1) is 10.6. The molecule has 0 aliphatic rings. The van der Waals surface area contributed by atoms with Crippen LogP contribution in [0.5, 0.6) is 5.75 Å². The van der Waals surface area contributed by atoms with Crippen LogP contribution < -0.4 is 0 Å². The van der Waals surface area contributed by atoms with Crippen molar-refractivity contribution in [2.24, 2.45) is 0 Å². The fourth-order valence-corrected chi connectivity index (χ4v) is 1.55. The van der Waals surface area contributed by atoms with Gasteiger partial charge in [-0.2, -0.15) is 0 Å². The minimum absolute atomic E-state index is 0.439. The highest BCUT2D eigenvalue weighted by molar-refractivity contribution is 5.33. The Morgan fingerprint density at radius 1 is 0.875 bits per heavy atom. The summed E-state index contributed by atoms with van der Waals surface area (Å²) < 4.78 is 26.1. The van der Waals surface area contributed by atoms with Gasteiger partial charge in [0.15, 0.2) is 17.4 Å². The number of rotatable bonds is 2. The lowest BCUT2D eigenvalue weighted by molar-refractivity contribution is 0.395. The molecule has 0 heterocycles. The number of phenolic OH excluding ortho intramolecular Hbond substituents is 1. The first-order chi connectivity index (χ1) is 7.66. The molecule has 0 atom stereocenters. The molecule has 0 saturated heterocycles. The van der Waals surface area contributed by atoms with Gasteiger partial charge in [0.05, 0.1) is 0 Å². The molecule has 16 heavy (non-hydrogen) atoms. The van der Waals surface area contributed by atoms with Crippen LogP contribution in [0, 0.1) is 11.6 Å². The first-order valence-electron chi connectivity index (χ1n) is 4.87. The van der Waals surface area contributed by atoms with Crippen molar-refractivity contribution in [3.63, 3.8) is 0 Å².